The average Bonchev–Trinajstić information content (AvgIpc) is 3.28. The number of aliphatic hydroxyl groups is 1. The molecule has 0 amide bonds. The zero-order chi connectivity index (χ0) is 18.3. The van der Waals surface area contributed by atoms with E-state index >= 15 is 0 Å². The van der Waals surface area contributed by atoms with Gasteiger partial charge in [-0.2, -0.15) is 0 Å². The summed E-state index contributed by atoms with van der Waals surface area (Å²) in [6.45, 7) is 0. The lowest BCUT2D eigenvalue weighted by atomic mass is 9.70. The van der Waals surface area contributed by atoms with Crippen LogP contribution in [0.4, 0.5) is 0 Å². The van der Waals surface area contributed by atoms with Gasteiger partial charge in [0, 0.05) is 5.41 Å². The highest BCUT2D eigenvalue weighted by molar-refractivity contribution is 5.66. The Labute approximate surface area is 161 Å². The van der Waals surface area contributed by atoms with Gasteiger partial charge < -0.3 is 5.11 Å². The van der Waals surface area contributed by atoms with Crippen LogP contribution in [0.3, 0.4) is 0 Å². The topological polar surface area (TPSA) is 20.2 Å². The number of fused-ring (bicyclic) bond motifs is 2. The lowest BCUT2D eigenvalue weighted by molar-refractivity contribution is 0.0588. The van der Waals surface area contributed by atoms with Crippen LogP contribution in [0.1, 0.15) is 40.3 Å². The summed E-state index contributed by atoms with van der Waals surface area (Å²) in [5.74, 6) is 0. The molecule has 0 aliphatic heterocycles. The van der Waals surface area contributed by atoms with Crippen molar-refractivity contribution in [3.8, 4) is 0 Å². The van der Waals surface area contributed by atoms with Crippen molar-refractivity contribution < 1.29 is 5.11 Å². The van der Waals surface area contributed by atoms with Gasteiger partial charge in [-0.15, -0.1) is 0 Å². The van der Waals surface area contributed by atoms with Crippen LogP contribution >= 0.6 is 0 Å². The first kappa shape index (κ1) is 16.5. The summed E-state index contributed by atoms with van der Waals surface area (Å²) in [4.78, 5) is 0. The number of aliphatic hydroxyl groups excluding tert-OH is 1. The number of hydrogen-bond acceptors (Lipinski definition) is 1. The van der Waals surface area contributed by atoms with Gasteiger partial charge in [-0.05, 0) is 53.5 Å². The van der Waals surface area contributed by atoms with Crippen molar-refractivity contribution >= 4 is 6.08 Å². The maximum absolute atomic E-state index is 11.5. The average molecular weight is 352 g/mol. The fraction of sp³-hybridized carbons (Fsp3) is 0.231. The van der Waals surface area contributed by atoms with E-state index in [1.807, 2.05) is 6.07 Å². The van der Waals surface area contributed by atoms with Crippen LogP contribution < -0.4 is 0 Å². The quantitative estimate of drug-likeness (QED) is 0.654. The number of hydrogen-bond donors (Lipinski definition) is 1. The molecular weight excluding hydrogens is 328 g/mol. The third kappa shape index (κ3) is 2.74. The third-order valence-electron chi connectivity index (χ3n) is 6.49. The molecule has 2 atom stereocenters. The Balaban J connectivity index is 1.54. The largest absolute Gasteiger partial charge is 0.387 e. The monoisotopic (exact) mass is 352 g/mol. The minimum atomic E-state index is -0.432. The van der Waals surface area contributed by atoms with E-state index in [1.54, 1.807) is 0 Å². The molecule has 1 N–H and O–H groups in total. The molecule has 0 aromatic heterocycles. The molecule has 2 aliphatic rings. The normalized spacial score (nSPS) is 23.0. The Morgan fingerprint density at radius 2 is 1.52 bits per heavy atom. The number of benzene rings is 3. The standard InChI is InChI=1S/C26H24O/c27-25-24-13-7-6-12-22(24)18-26(25,15-14-19-8-2-1-3-9-19)23-16-20-10-4-5-11-21(20)17-23/h1-13,16,25,27H,14-15,17-18H2. The minimum Gasteiger partial charge on any atom is -0.387 e. The molecule has 1 nitrogen and oxygen atoms in total. The summed E-state index contributed by atoms with van der Waals surface area (Å²) in [5.41, 5.74) is 7.64. The smallest absolute Gasteiger partial charge is 0.0889 e. The van der Waals surface area contributed by atoms with Gasteiger partial charge in [-0.3, -0.25) is 0 Å². The second-order valence-electron chi connectivity index (χ2n) is 7.97. The molecule has 134 valence electrons. The summed E-state index contributed by atoms with van der Waals surface area (Å²) in [6, 6.07) is 27.7. The van der Waals surface area contributed by atoms with E-state index in [1.165, 1.54) is 27.8 Å². The van der Waals surface area contributed by atoms with Gasteiger partial charge in [0.15, 0.2) is 0 Å². The highest BCUT2D eigenvalue weighted by Gasteiger charge is 2.48. The van der Waals surface area contributed by atoms with Crippen LogP contribution in [0.15, 0.2) is 84.4 Å². The molecule has 3 aromatic carbocycles. The van der Waals surface area contributed by atoms with Crippen LogP contribution in [0.2, 0.25) is 0 Å². The minimum absolute atomic E-state index is 0.210. The maximum Gasteiger partial charge on any atom is 0.0889 e. The van der Waals surface area contributed by atoms with Gasteiger partial charge in [0.1, 0.15) is 0 Å². The molecule has 0 saturated heterocycles. The number of rotatable bonds is 4. The first-order valence-electron chi connectivity index (χ1n) is 9.85. The van der Waals surface area contributed by atoms with Gasteiger partial charge in [-0.25, -0.2) is 0 Å². The molecule has 27 heavy (non-hydrogen) atoms. The predicted molar refractivity (Wildman–Crippen MR) is 110 cm³/mol. The van der Waals surface area contributed by atoms with E-state index in [-0.39, 0.29) is 5.41 Å². The molecule has 3 aromatic rings. The predicted octanol–water partition coefficient (Wildman–Crippen LogP) is 5.54. The van der Waals surface area contributed by atoms with Crippen molar-refractivity contribution in [1.29, 1.82) is 0 Å². The molecule has 0 saturated carbocycles. The van der Waals surface area contributed by atoms with Crippen LogP contribution in [0.5, 0.6) is 0 Å². The van der Waals surface area contributed by atoms with Gasteiger partial charge >= 0.3 is 0 Å². The molecule has 2 unspecified atom stereocenters. The van der Waals surface area contributed by atoms with Gasteiger partial charge in [-0.1, -0.05) is 90.5 Å². The molecule has 0 bridgehead atoms. The highest BCUT2D eigenvalue weighted by Crippen LogP contribution is 2.55. The van der Waals surface area contributed by atoms with Crippen molar-refractivity contribution in [2.75, 3.05) is 0 Å². The van der Waals surface area contributed by atoms with Crippen molar-refractivity contribution in [2.45, 2.75) is 31.8 Å². The van der Waals surface area contributed by atoms with E-state index in [0.717, 1.165) is 31.2 Å². The van der Waals surface area contributed by atoms with E-state index in [0.29, 0.717) is 0 Å². The first-order chi connectivity index (χ1) is 13.3. The van der Waals surface area contributed by atoms with Crippen LogP contribution in [0.25, 0.3) is 6.08 Å². The molecule has 0 heterocycles. The van der Waals surface area contributed by atoms with Gasteiger partial charge in [0.25, 0.3) is 0 Å². The Hall–Kier alpha value is -2.64. The molecule has 0 radical (unpaired) electrons. The highest BCUT2D eigenvalue weighted by atomic mass is 16.3. The van der Waals surface area contributed by atoms with Crippen molar-refractivity contribution in [3.05, 3.63) is 112 Å². The Morgan fingerprint density at radius 1 is 0.815 bits per heavy atom. The third-order valence-corrected chi connectivity index (χ3v) is 6.49. The molecule has 2 aliphatic carbocycles. The van der Waals surface area contributed by atoms with Gasteiger partial charge in [0.2, 0.25) is 0 Å². The molecular formula is C26H24O. The second kappa shape index (κ2) is 6.51. The summed E-state index contributed by atoms with van der Waals surface area (Å²) >= 11 is 0. The summed E-state index contributed by atoms with van der Waals surface area (Å²) in [5, 5.41) is 11.5. The lowest BCUT2D eigenvalue weighted by Gasteiger charge is -2.35. The SMILES string of the molecule is OC1c2ccccc2CC1(CCc1ccccc1)C1=Cc2ccccc2C1. The van der Waals surface area contributed by atoms with Crippen LogP contribution in [0, 0.1) is 5.41 Å². The Morgan fingerprint density at radius 3 is 2.30 bits per heavy atom. The zero-order valence-corrected chi connectivity index (χ0v) is 15.4. The molecule has 0 spiro atoms. The zero-order valence-electron chi connectivity index (χ0n) is 15.4. The Bertz CT molecular complexity index is 1000. The summed E-state index contributed by atoms with van der Waals surface area (Å²) in [6.07, 6.45) is 5.74. The lowest BCUT2D eigenvalue weighted by Crippen LogP contribution is -2.29. The second-order valence-corrected chi connectivity index (χ2v) is 7.97. The number of aryl methyl sites for hydroxylation is 1. The fourth-order valence-electron chi connectivity index (χ4n) is 4.98. The van der Waals surface area contributed by atoms with Crippen LogP contribution in [-0.2, 0) is 19.3 Å². The van der Waals surface area contributed by atoms with Gasteiger partial charge in [0.05, 0.1) is 6.10 Å². The Kier molecular flexibility index (Phi) is 3.98. The first-order valence-corrected chi connectivity index (χ1v) is 9.85. The van der Waals surface area contributed by atoms with E-state index < -0.39 is 6.10 Å². The fourth-order valence-corrected chi connectivity index (χ4v) is 4.98. The van der Waals surface area contributed by atoms with Crippen molar-refractivity contribution in [2.24, 2.45) is 5.41 Å². The van der Waals surface area contributed by atoms with Crippen molar-refractivity contribution in [3.63, 3.8) is 0 Å². The molecule has 0 fully saturated rings. The van der Waals surface area contributed by atoms with Crippen molar-refractivity contribution in [1.82, 2.24) is 0 Å². The van der Waals surface area contributed by atoms with Crippen LogP contribution in [-0.4, -0.2) is 5.11 Å². The van der Waals surface area contributed by atoms with E-state index in [9.17, 15) is 5.11 Å². The summed E-state index contributed by atoms with van der Waals surface area (Å²) < 4.78 is 0. The summed E-state index contributed by atoms with van der Waals surface area (Å²) in [7, 11) is 0. The maximum atomic E-state index is 11.5. The molecule has 5 rings (SSSR count). The van der Waals surface area contributed by atoms with E-state index in [2.05, 4.69) is 78.9 Å². The van der Waals surface area contributed by atoms with E-state index in [4.69, 9.17) is 0 Å². The molecule has 1 heteroatoms.